The van der Waals surface area contributed by atoms with Crippen molar-refractivity contribution >= 4 is 22.8 Å². The lowest BCUT2D eigenvalue weighted by molar-refractivity contribution is -0.120. The van der Waals surface area contributed by atoms with Gasteiger partial charge in [-0.3, -0.25) is 9.79 Å². The lowest BCUT2D eigenvalue weighted by Crippen LogP contribution is -2.41. The van der Waals surface area contributed by atoms with E-state index in [2.05, 4.69) is 29.5 Å². The average molecular weight is 229 g/mol. The quantitative estimate of drug-likeness (QED) is 0.754. The Morgan fingerprint density at radius 1 is 1.67 bits per heavy atom. The van der Waals surface area contributed by atoms with Crippen molar-refractivity contribution in [1.82, 2.24) is 10.6 Å². The van der Waals surface area contributed by atoms with Crippen LogP contribution in [0.1, 0.15) is 20.3 Å². The smallest absolute Gasteiger partial charge is 0.221 e. The van der Waals surface area contributed by atoms with Gasteiger partial charge >= 0.3 is 0 Å². The van der Waals surface area contributed by atoms with Crippen LogP contribution in [0.2, 0.25) is 0 Å². The Kier molecular flexibility index (Phi) is 4.94. The summed E-state index contributed by atoms with van der Waals surface area (Å²) in [4.78, 5) is 15.3. The van der Waals surface area contributed by atoms with Crippen LogP contribution in [0.25, 0.3) is 0 Å². The van der Waals surface area contributed by atoms with Crippen molar-refractivity contribution in [2.75, 3.05) is 19.3 Å². The molecule has 0 aromatic rings. The predicted molar refractivity (Wildman–Crippen MR) is 65.2 cm³/mol. The summed E-state index contributed by atoms with van der Waals surface area (Å²) in [6, 6.07) is 0.477. The molecule has 86 valence electrons. The summed E-state index contributed by atoms with van der Waals surface area (Å²) in [5.74, 6) is 1.82. The molecular weight excluding hydrogens is 210 g/mol. The molecule has 0 bridgehead atoms. The third-order valence-corrected chi connectivity index (χ3v) is 3.77. The van der Waals surface area contributed by atoms with Gasteiger partial charge in [0.15, 0.2) is 5.17 Å². The van der Waals surface area contributed by atoms with Crippen molar-refractivity contribution in [1.29, 1.82) is 0 Å². The third kappa shape index (κ3) is 4.11. The Bertz CT molecular complexity index is 255. The number of amidine groups is 1. The van der Waals surface area contributed by atoms with Gasteiger partial charge in [0.25, 0.3) is 0 Å². The zero-order valence-electron chi connectivity index (χ0n) is 9.54. The summed E-state index contributed by atoms with van der Waals surface area (Å²) >= 11 is 1.74. The minimum atomic E-state index is 0.0431. The van der Waals surface area contributed by atoms with Gasteiger partial charge in [0, 0.05) is 25.3 Å². The zero-order chi connectivity index (χ0) is 11.3. The van der Waals surface area contributed by atoms with E-state index in [4.69, 9.17) is 0 Å². The van der Waals surface area contributed by atoms with E-state index in [1.807, 2.05) is 0 Å². The molecule has 1 aliphatic heterocycles. The molecule has 1 saturated heterocycles. The molecule has 1 fully saturated rings. The number of rotatable bonds is 3. The fourth-order valence-corrected chi connectivity index (χ4v) is 2.37. The van der Waals surface area contributed by atoms with E-state index >= 15 is 0 Å². The molecule has 0 saturated carbocycles. The van der Waals surface area contributed by atoms with Gasteiger partial charge in [-0.2, -0.15) is 0 Å². The van der Waals surface area contributed by atoms with Crippen molar-refractivity contribution in [2.45, 2.75) is 26.3 Å². The largest absolute Gasteiger partial charge is 0.362 e. The molecule has 0 aliphatic carbocycles. The maximum atomic E-state index is 11.0. The second kappa shape index (κ2) is 6.00. The van der Waals surface area contributed by atoms with Gasteiger partial charge in [-0.1, -0.05) is 18.7 Å². The van der Waals surface area contributed by atoms with E-state index in [1.165, 1.54) is 0 Å². The van der Waals surface area contributed by atoms with Crippen LogP contribution in [0.4, 0.5) is 0 Å². The van der Waals surface area contributed by atoms with Gasteiger partial charge in [-0.15, -0.1) is 0 Å². The molecule has 4 nitrogen and oxygen atoms in total. The lowest BCUT2D eigenvalue weighted by atomic mass is 10.1. The maximum Gasteiger partial charge on any atom is 0.221 e. The summed E-state index contributed by atoms with van der Waals surface area (Å²) in [7, 11) is 1.65. The first-order valence-corrected chi connectivity index (χ1v) is 6.26. The number of nitrogens with zero attached hydrogens (tertiary/aromatic N) is 1. The number of aliphatic imine (C=N–C) groups is 1. The van der Waals surface area contributed by atoms with Crippen LogP contribution < -0.4 is 10.6 Å². The predicted octanol–water partition coefficient (Wildman–Crippen LogP) is 0.839. The van der Waals surface area contributed by atoms with Crippen LogP contribution in [0.5, 0.6) is 0 Å². The van der Waals surface area contributed by atoms with E-state index in [-0.39, 0.29) is 5.91 Å². The average Bonchev–Trinajstić information content (AvgIpc) is 2.23. The van der Waals surface area contributed by atoms with E-state index < -0.39 is 0 Å². The maximum absolute atomic E-state index is 11.0. The van der Waals surface area contributed by atoms with Crippen LogP contribution in [-0.2, 0) is 4.79 Å². The number of hydrogen-bond donors (Lipinski definition) is 2. The van der Waals surface area contributed by atoms with Crippen molar-refractivity contribution in [2.24, 2.45) is 10.9 Å². The van der Waals surface area contributed by atoms with Crippen molar-refractivity contribution in [3.05, 3.63) is 0 Å². The number of hydrogen-bond acceptors (Lipinski definition) is 3. The van der Waals surface area contributed by atoms with Crippen LogP contribution in [0, 0.1) is 5.92 Å². The number of carbonyl (C=O) groups is 1. The molecule has 5 heteroatoms. The molecule has 2 unspecified atom stereocenters. The molecule has 15 heavy (non-hydrogen) atoms. The van der Waals surface area contributed by atoms with Gasteiger partial charge in [-0.25, -0.2) is 0 Å². The summed E-state index contributed by atoms with van der Waals surface area (Å²) in [5, 5.41) is 6.90. The summed E-state index contributed by atoms with van der Waals surface area (Å²) in [6.07, 6.45) is 0.464. The Morgan fingerprint density at radius 2 is 2.40 bits per heavy atom. The fourth-order valence-electron chi connectivity index (χ4n) is 1.21. The zero-order valence-corrected chi connectivity index (χ0v) is 10.4. The number of carbonyl (C=O) groups excluding carboxylic acids is 1. The highest BCUT2D eigenvalue weighted by molar-refractivity contribution is 8.13. The second-order valence-corrected chi connectivity index (χ2v) is 4.84. The van der Waals surface area contributed by atoms with Crippen molar-refractivity contribution in [3.8, 4) is 0 Å². The first kappa shape index (κ1) is 12.4. The molecule has 0 aromatic carbocycles. The Balaban J connectivity index is 2.31. The van der Waals surface area contributed by atoms with Crippen LogP contribution >= 0.6 is 11.8 Å². The van der Waals surface area contributed by atoms with Crippen LogP contribution in [-0.4, -0.2) is 36.5 Å². The molecular formula is C10H19N3OS. The van der Waals surface area contributed by atoms with Gasteiger partial charge < -0.3 is 10.6 Å². The Morgan fingerprint density at radius 3 is 3.00 bits per heavy atom. The van der Waals surface area contributed by atoms with E-state index in [1.54, 1.807) is 18.8 Å². The summed E-state index contributed by atoms with van der Waals surface area (Å²) < 4.78 is 0. The Labute approximate surface area is 95.3 Å². The van der Waals surface area contributed by atoms with Crippen molar-refractivity contribution < 1.29 is 4.79 Å². The second-order valence-electron chi connectivity index (χ2n) is 3.83. The highest BCUT2D eigenvalue weighted by Crippen LogP contribution is 2.19. The van der Waals surface area contributed by atoms with Crippen LogP contribution in [0.15, 0.2) is 4.99 Å². The topological polar surface area (TPSA) is 53.5 Å². The standard InChI is InChI=1S/C10H19N3OS/c1-7-6-15-10(13-8(7)2)12-5-4-9(14)11-3/h7-8H,4-6H2,1-3H3,(H,11,14)(H,12,13). The fraction of sp³-hybridized carbons (Fsp3) is 0.800. The molecule has 2 N–H and O–H groups in total. The first-order valence-electron chi connectivity index (χ1n) is 5.28. The van der Waals surface area contributed by atoms with Gasteiger partial charge in [0.05, 0.1) is 6.54 Å². The summed E-state index contributed by atoms with van der Waals surface area (Å²) in [6.45, 7) is 4.96. The molecule has 1 heterocycles. The van der Waals surface area contributed by atoms with E-state index in [0.29, 0.717) is 24.9 Å². The van der Waals surface area contributed by atoms with Crippen LogP contribution in [0.3, 0.4) is 0 Å². The van der Waals surface area contributed by atoms with Gasteiger partial charge in [0.2, 0.25) is 5.91 Å². The molecule has 0 spiro atoms. The molecule has 0 aromatic heterocycles. The Hall–Kier alpha value is -0.710. The molecule has 0 radical (unpaired) electrons. The molecule has 1 rings (SSSR count). The third-order valence-electron chi connectivity index (χ3n) is 2.56. The van der Waals surface area contributed by atoms with Crippen molar-refractivity contribution in [3.63, 3.8) is 0 Å². The number of nitrogens with one attached hydrogen (secondary N) is 2. The normalized spacial score (nSPS) is 28.6. The van der Waals surface area contributed by atoms with E-state index in [9.17, 15) is 4.79 Å². The monoisotopic (exact) mass is 229 g/mol. The molecule has 2 atom stereocenters. The molecule has 1 aliphatic rings. The SMILES string of the molecule is CNC(=O)CCN=C1NC(C)C(C)CS1. The minimum absolute atomic E-state index is 0.0431. The van der Waals surface area contributed by atoms with E-state index in [0.717, 1.165) is 10.9 Å². The minimum Gasteiger partial charge on any atom is -0.362 e. The highest BCUT2D eigenvalue weighted by atomic mass is 32.2. The van der Waals surface area contributed by atoms with Gasteiger partial charge in [0.1, 0.15) is 0 Å². The first-order chi connectivity index (χ1) is 7.13. The molecule has 1 amide bonds. The number of thioether (sulfide) groups is 1. The highest BCUT2D eigenvalue weighted by Gasteiger charge is 2.20. The van der Waals surface area contributed by atoms with Gasteiger partial charge in [-0.05, 0) is 12.8 Å². The summed E-state index contributed by atoms with van der Waals surface area (Å²) in [5.41, 5.74) is 0. The lowest BCUT2D eigenvalue weighted by Gasteiger charge is -2.28. The number of amides is 1.